The molecule has 2 aliphatic heterocycles. The van der Waals surface area contributed by atoms with E-state index in [4.69, 9.17) is 0 Å². The van der Waals surface area contributed by atoms with Gasteiger partial charge in [-0.2, -0.15) is 18.3 Å². The van der Waals surface area contributed by atoms with Crippen molar-refractivity contribution in [2.24, 2.45) is 16.1 Å². The molecule has 0 radical (unpaired) electrons. The minimum Gasteiger partial charge on any atom is -0.164 e. The quantitative estimate of drug-likeness (QED) is 0.679. The van der Waals surface area contributed by atoms with Gasteiger partial charge in [0.15, 0.2) is 5.71 Å². The molecule has 0 amide bonds. The van der Waals surface area contributed by atoms with Crippen LogP contribution in [0.1, 0.15) is 6.42 Å². The van der Waals surface area contributed by atoms with E-state index >= 15 is 0 Å². The minimum absolute atomic E-state index is 0.235. The lowest BCUT2D eigenvalue weighted by molar-refractivity contribution is -0.0579. The van der Waals surface area contributed by atoms with Crippen molar-refractivity contribution in [3.05, 3.63) is 11.1 Å². The minimum atomic E-state index is -4.37. The first kappa shape index (κ1) is 10.5. The second kappa shape index (κ2) is 2.93. The van der Waals surface area contributed by atoms with E-state index in [0.717, 1.165) is 23.5 Å². The highest BCUT2D eigenvalue weighted by Crippen LogP contribution is 2.68. The van der Waals surface area contributed by atoms with Crippen LogP contribution in [-0.2, 0) is 0 Å². The van der Waals surface area contributed by atoms with Crippen LogP contribution >= 0.6 is 23.5 Å². The van der Waals surface area contributed by atoms with Crippen LogP contribution in [-0.4, -0.2) is 33.2 Å². The predicted molar refractivity (Wildman–Crippen MR) is 63.7 cm³/mol. The lowest BCUT2D eigenvalue weighted by Crippen LogP contribution is -2.33. The molecule has 1 spiro atoms. The van der Waals surface area contributed by atoms with Gasteiger partial charge in [-0.15, -0.1) is 28.6 Å². The van der Waals surface area contributed by atoms with Gasteiger partial charge in [0.2, 0.25) is 0 Å². The molecule has 0 N–H and O–H groups in total. The molecule has 1 atom stereocenters. The Hall–Kier alpha value is -0.430. The molecule has 2 fully saturated rings. The molecule has 90 valence electrons. The molecule has 4 rings (SSSR count). The van der Waals surface area contributed by atoms with Crippen LogP contribution < -0.4 is 0 Å². The van der Waals surface area contributed by atoms with Crippen LogP contribution in [0.4, 0.5) is 13.2 Å². The van der Waals surface area contributed by atoms with Crippen LogP contribution in [0.15, 0.2) is 21.3 Å². The molecule has 17 heavy (non-hydrogen) atoms. The number of halogens is 3. The van der Waals surface area contributed by atoms with Crippen LogP contribution in [0.5, 0.6) is 0 Å². The molecular formula is C10H7F3N2S2. The van der Waals surface area contributed by atoms with Gasteiger partial charge in [-0.05, 0) is 6.42 Å². The summed E-state index contributed by atoms with van der Waals surface area (Å²) in [5.41, 5.74) is 1.07. The van der Waals surface area contributed by atoms with Crippen molar-refractivity contribution >= 4 is 34.9 Å². The largest absolute Gasteiger partial charge is 0.435 e. The van der Waals surface area contributed by atoms with Gasteiger partial charge >= 0.3 is 6.18 Å². The normalized spacial score (nSPS) is 32.8. The Morgan fingerprint density at radius 2 is 1.88 bits per heavy atom. The molecule has 0 aromatic carbocycles. The predicted octanol–water partition coefficient (Wildman–Crippen LogP) is 2.87. The molecule has 1 saturated carbocycles. The summed E-state index contributed by atoms with van der Waals surface area (Å²) in [6.45, 7) is 0. The summed E-state index contributed by atoms with van der Waals surface area (Å²) < 4.78 is 38.2. The Bertz CT molecular complexity index is 512. The molecule has 2 heterocycles. The molecule has 0 bridgehead atoms. The summed E-state index contributed by atoms with van der Waals surface area (Å²) in [4.78, 5) is 0. The van der Waals surface area contributed by atoms with Crippen LogP contribution in [0, 0.1) is 5.92 Å². The number of thioether (sulfide) groups is 2. The van der Waals surface area contributed by atoms with Crippen molar-refractivity contribution in [2.75, 3.05) is 11.5 Å². The highest BCUT2D eigenvalue weighted by molar-refractivity contribution is 8.22. The average Bonchev–Trinajstić information content (AvgIpc) is 2.69. The van der Waals surface area contributed by atoms with Gasteiger partial charge < -0.3 is 0 Å². The van der Waals surface area contributed by atoms with E-state index in [-0.39, 0.29) is 10.00 Å². The lowest BCUT2D eigenvalue weighted by atomic mass is 10.1. The van der Waals surface area contributed by atoms with Crippen molar-refractivity contribution in [1.82, 2.24) is 0 Å². The van der Waals surface area contributed by atoms with E-state index in [1.807, 2.05) is 0 Å². The van der Waals surface area contributed by atoms with E-state index in [0.29, 0.717) is 11.3 Å². The standard InChI is InChI=1S/C10H7F3N2S2/c11-10(12,13)8-6-4-3-5(4)9(7(6)14-15-8)16-1-2-17-9/h5H,1-3H2. The SMILES string of the molecule is FC(F)(F)C1=NN=C2C1=C1CC1C21SCCS1. The molecule has 1 saturated heterocycles. The number of nitrogens with zero attached hydrogens (tertiary/aromatic N) is 2. The number of rotatable bonds is 0. The van der Waals surface area contributed by atoms with Crippen LogP contribution in [0.3, 0.4) is 0 Å². The highest BCUT2D eigenvalue weighted by atomic mass is 32.2. The van der Waals surface area contributed by atoms with Gasteiger partial charge in [-0.3, -0.25) is 0 Å². The first-order valence-electron chi connectivity index (χ1n) is 5.29. The topological polar surface area (TPSA) is 24.7 Å². The van der Waals surface area contributed by atoms with E-state index in [9.17, 15) is 13.2 Å². The zero-order valence-electron chi connectivity index (χ0n) is 8.54. The van der Waals surface area contributed by atoms with E-state index in [1.54, 1.807) is 23.5 Å². The number of allylic oxidation sites excluding steroid dienone is 2. The van der Waals surface area contributed by atoms with Crippen molar-refractivity contribution in [1.29, 1.82) is 0 Å². The zero-order valence-corrected chi connectivity index (χ0v) is 10.2. The average molecular weight is 276 g/mol. The van der Waals surface area contributed by atoms with E-state index < -0.39 is 11.9 Å². The maximum atomic E-state index is 12.8. The second-order valence-corrected chi connectivity index (χ2v) is 7.36. The van der Waals surface area contributed by atoms with Gasteiger partial charge in [-0.25, -0.2) is 0 Å². The maximum absolute atomic E-state index is 12.8. The van der Waals surface area contributed by atoms with E-state index in [1.165, 1.54) is 0 Å². The Labute approximate surface area is 104 Å². The van der Waals surface area contributed by atoms with Crippen molar-refractivity contribution in [3.63, 3.8) is 0 Å². The smallest absolute Gasteiger partial charge is 0.164 e. The lowest BCUT2D eigenvalue weighted by Gasteiger charge is -2.23. The van der Waals surface area contributed by atoms with Crippen molar-refractivity contribution in [2.45, 2.75) is 16.7 Å². The van der Waals surface area contributed by atoms with Gasteiger partial charge in [-0.1, -0.05) is 5.57 Å². The number of alkyl halides is 3. The van der Waals surface area contributed by atoms with Gasteiger partial charge in [0.05, 0.1) is 5.71 Å². The van der Waals surface area contributed by atoms with Crippen LogP contribution in [0.25, 0.3) is 0 Å². The molecule has 2 aliphatic carbocycles. The molecule has 2 nitrogen and oxygen atoms in total. The fourth-order valence-electron chi connectivity index (χ4n) is 2.79. The van der Waals surface area contributed by atoms with Crippen LogP contribution in [0.2, 0.25) is 0 Å². The summed E-state index contributed by atoms with van der Waals surface area (Å²) >= 11 is 3.48. The summed E-state index contributed by atoms with van der Waals surface area (Å²) in [6, 6.07) is 0. The third-order valence-corrected chi connectivity index (χ3v) is 7.10. The first-order chi connectivity index (χ1) is 8.04. The maximum Gasteiger partial charge on any atom is 0.435 e. The second-order valence-electron chi connectivity index (χ2n) is 4.42. The number of hydrogen-bond acceptors (Lipinski definition) is 4. The molecule has 0 aromatic rings. The number of hydrogen-bond donors (Lipinski definition) is 0. The van der Waals surface area contributed by atoms with Gasteiger partial charge in [0, 0.05) is 23.0 Å². The molecule has 0 aromatic heterocycles. The van der Waals surface area contributed by atoms with E-state index in [2.05, 4.69) is 10.2 Å². The Morgan fingerprint density at radius 3 is 2.53 bits per heavy atom. The zero-order chi connectivity index (χ0) is 11.8. The Morgan fingerprint density at radius 1 is 1.18 bits per heavy atom. The van der Waals surface area contributed by atoms with Crippen molar-refractivity contribution < 1.29 is 13.2 Å². The third kappa shape index (κ3) is 1.17. The summed E-state index contributed by atoms with van der Waals surface area (Å²) in [5.74, 6) is 2.26. The highest BCUT2D eigenvalue weighted by Gasteiger charge is 2.66. The van der Waals surface area contributed by atoms with Gasteiger partial charge in [0.1, 0.15) is 4.08 Å². The van der Waals surface area contributed by atoms with Crippen molar-refractivity contribution in [3.8, 4) is 0 Å². The molecule has 7 heteroatoms. The Kier molecular flexibility index (Phi) is 1.81. The molecule has 4 aliphatic rings. The Balaban J connectivity index is 1.80. The summed E-state index contributed by atoms with van der Waals surface area (Å²) in [7, 11) is 0. The monoisotopic (exact) mass is 276 g/mol. The number of fused-ring (bicyclic) bond motifs is 4. The fraction of sp³-hybridized carbons (Fsp3) is 0.600. The first-order valence-corrected chi connectivity index (χ1v) is 7.26. The molecule has 1 unspecified atom stereocenters. The van der Waals surface area contributed by atoms with Gasteiger partial charge in [0.25, 0.3) is 0 Å². The summed E-state index contributed by atoms with van der Waals surface area (Å²) in [6.07, 6.45) is -3.58. The molecular weight excluding hydrogens is 269 g/mol. The third-order valence-electron chi connectivity index (χ3n) is 3.50. The summed E-state index contributed by atoms with van der Waals surface area (Å²) in [5, 5.41) is 7.23. The fourth-order valence-corrected chi connectivity index (χ4v) is 6.31.